The van der Waals surface area contributed by atoms with Gasteiger partial charge in [-0.1, -0.05) is 0 Å². The van der Waals surface area contributed by atoms with Gasteiger partial charge in [0.15, 0.2) is 0 Å². The maximum absolute atomic E-state index is 12.2. The highest BCUT2D eigenvalue weighted by Crippen LogP contribution is 2.18. The minimum Gasteiger partial charge on any atom is -0.399 e. The number of H-pyrrole nitrogens is 1. The Morgan fingerprint density at radius 2 is 2.10 bits per heavy atom. The molecule has 21 heavy (non-hydrogen) atoms. The van der Waals surface area contributed by atoms with Crippen LogP contribution >= 0.6 is 0 Å². The molecular formula is C15H20N4O2. The van der Waals surface area contributed by atoms with Gasteiger partial charge in [-0.3, -0.25) is 9.59 Å². The monoisotopic (exact) mass is 288 g/mol. The van der Waals surface area contributed by atoms with Gasteiger partial charge in [-0.05, 0) is 38.1 Å². The molecule has 6 heteroatoms. The van der Waals surface area contributed by atoms with Crippen LogP contribution in [0.15, 0.2) is 24.3 Å². The third-order valence-electron chi connectivity index (χ3n) is 3.46. The van der Waals surface area contributed by atoms with E-state index >= 15 is 0 Å². The summed E-state index contributed by atoms with van der Waals surface area (Å²) in [5, 5.41) is 3.56. The molecule has 1 heterocycles. The smallest absolute Gasteiger partial charge is 0.268 e. The van der Waals surface area contributed by atoms with E-state index in [2.05, 4.69) is 10.3 Å². The molecule has 0 saturated carbocycles. The Morgan fingerprint density at radius 1 is 1.38 bits per heavy atom. The van der Waals surface area contributed by atoms with Crippen LogP contribution in [0.5, 0.6) is 0 Å². The number of carbonyl (C=O) groups is 2. The number of nitrogens with one attached hydrogen (secondary N) is 2. The molecule has 0 aliphatic heterocycles. The number of benzene rings is 1. The predicted octanol–water partition coefficient (Wildman–Crippen LogP) is 1.35. The normalized spacial score (nSPS) is 12.1. The van der Waals surface area contributed by atoms with Crippen molar-refractivity contribution in [3.05, 3.63) is 30.0 Å². The average Bonchev–Trinajstić information content (AvgIpc) is 2.88. The van der Waals surface area contributed by atoms with Crippen LogP contribution in [0.4, 0.5) is 5.69 Å². The summed E-state index contributed by atoms with van der Waals surface area (Å²) in [5.41, 5.74) is 7.60. The Labute approximate surface area is 123 Å². The van der Waals surface area contributed by atoms with Gasteiger partial charge in [-0.2, -0.15) is 0 Å². The Bertz CT molecular complexity index is 677. The minimum atomic E-state index is -0.570. The average molecular weight is 288 g/mol. The SMILES string of the molecule is CCN(C)C(=O)C(C)NC(=O)c1cc2cc(N)ccc2[nH]1. The van der Waals surface area contributed by atoms with Gasteiger partial charge in [0.05, 0.1) is 0 Å². The van der Waals surface area contributed by atoms with E-state index in [0.29, 0.717) is 17.9 Å². The molecule has 0 aliphatic carbocycles. The Morgan fingerprint density at radius 3 is 2.76 bits per heavy atom. The molecule has 0 bridgehead atoms. The Hall–Kier alpha value is -2.50. The van der Waals surface area contributed by atoms with Crippen LogP contribution < -0.4 is 11.1 Å². The number of hydrogen-bond acceptors (Lipinski definition) is 3. The molecule has 0 aliphatic rings. The van der Waals surface area contributed by atoms with Crippen molar-refractivity contribution in [2.45, 2.75) is 19.9 Å². The predicted molar refractivity (Wildman–Crippen MR) is 83.0 cm³/mol. The van der Waals surface area contributed by atoms with E-state index in [1.807, 2.05) is 13.0 Å². The zero-order valence-electron chi connectivity index (χ0n) is 12.4. The summed E-state index contributed by atoms with van der Waals surface area (Å²) in [6.07, 6.45) is 0. The van der Waals surface area contributed by atoms with E-state index in [9.17, 15) is 9.59 Å². The van der Waals surface area contributed by atoms with Gasteiger partial charge < -0.3 is 20.9 Å². The number of aromatic nitrogens is 1. The number of amides is 2. The van der Waals surface area contributed by atoms with E-state index in [1.165, 1.54) is 0 Å². The van der Waals surface area contributed by atoms with Crippen LogP contribution in [0.25, 0.3) is 10.9 Å². The molecule has 0 radical (unpaired) electrons. The van der Waals surface area contributed by atoms with Gasteiger partial charge in [0.2, 0.25) is 5.91 Å². The summed E-state index contributed by atoms with van der Waals surface area (Å²) < 4.78 is 0. The van der Waals surface area contributed by atoms with Crippen molar-refractivity contribution in [3.63, 3.8) is 0 Å². The van der Waals surface area contributed by atoms with Crippen LogP contribution in [-0.2, 0) is 4.79 Å². The van der Waals surface area contributed by atoms with Crippen molar-refractivity contribution in [2.75, 3.05) is 19.3 Å². The number of likely N-dealkylation sites (N-methyl/N-ethyl adjacent to an activating group) is 1. The number of fused-ring (bicyclic) bond motifs is 1. The lowest BCUT2D eigenvalue weighted by Crippen LogP contribution is -2.45. The van der Waals surface area contributed by atoms with Crippen molar-refractivity contribution >= 4 is 28.4 Å². The maximum atomic E-state index is 12.2. The molecule has 1 unspecified atom stereocenters. The summed E-state index contributed by atoms with van der Waals surface area (Å²) >= 11 is 0. The number of hydrogen-bond donors (Lipinski definition) is 3. The molecule has 2 aromatic rings. The largest absolute Gasteiger partial charge is 0.399 e. The number of carbonyl (C=O) groups excluding carboxylic acids is 2. The molecule has 112 valence electrons. The summed E-state index contributed by atoms with van der Waals surface area (Å²) in [5.74, 6) is -0.429. The fourth-order valence-electron chi connectivity index (χ4n) is 2.10. The van der Waals surface area contributed by atoms with Gasteiger partial charge >= 0.3 is 0 Å². The minimum absolute atomic E-state index is 0.119. The molecule has 1 atom stereocenters. The number of aromatic amines is 1. The fourth-order valence-corrected chi connectivity index (χ4v) is 2.10. The molecular weight excluding hydrogens is 268 g/mol. The summed E-state index contributed by atoms with van der Waals surface area (Å²) in [6.45, 7) is 4.16. The van der Waals surface area contributed by atoms with Crippen LogP contribution in [0, 0.1) is 0 Å². The molecule has 0 saturated heterocycles. The molecule has 0 spiro atoms. The molecule has 2 rings (SSSR count). The molecule has 2 amide bonds. The second-order valence-electron chi connectivity index (χ2n) is 5.08. The topological polar surface area (TPSA) is 91.2 Å². The lowest BCUT2D eigenvalue weighted by atomic mass is 10.2. The quantitative estimate of drug-likeness (QED) is 0.742. The highest BCUT2D eigenvalue weighted by Gasteiger charge is 2.20. The van der Waals surface area contributed by atoms with Crippen molar-refractivity contribution in [1.82, 2.24) is 15.2 Å². The maximum Gasteiger partial charge on any atom is 0.268 e. The van der Waals surface area contributed by atoms with Crippen molar-refractivity contribution in [1.29, 1.82) is 0 Å². The summed E-state index contributed by atoms with van der Waals surface area (Å²) in [4.78, 5) is 28.7. The fraction of sp³-hybridized carbons (Fsp3) is 0.333. The van der Waals surface area contributed by atoms with Crippen molar-refractivity contribution in [3.8, 4) is 0 Å². The number of nitrogen functional groups attached to an aromatic ring is 1. The molecule has 4 N–H and O–H groups in total. The highest BCUT2D eigenvalue weighted by atomic mass is 16.2. The summed E-state index contributed by atoms with van der Waals surface area (Å²) in [6, 6.07) is 6.53. The van der Waals surface area contributed by atoms with Crippen molar-refractivity contribution < 1.29 is 9.59 Å². The lowest BCUT2D eigenvalue weighted by Gasteiger charge is -2.20. The highest BCUT2D eigenvalue weighted by molar-refractivity contribution is 6.00. The molecule has 6 nitrogen and oxygen atoms in total. The number of nitrogens with zero attached hydrogens (tertiary/aromatic N) is 1. The van der Waals surface area contributed by atoms with E-state index in [4.69, 9.17) is 5.73 Å². The zero-order valence-corrected chi connectivity index (χ0v) is 12.4. The van der Waals surface area contributed by atoms with Crippen LogP contribution in [0.3, 0.4) is 0 Å². The van der Waals surface area contributed by atoms with Gasteiger partial charge in [-0.25, -0.2) is 0 Å². The first-order chi connectivity index (χ1) is 9.92. The lowest BCUT2D eigenvalue weighted by molar-refractivity contribution is -0.131. The Balaban J connectivity index is 2.13. The van der Waals surface area contributed by atoms with Gasteiger partial charge in [0, 0.05) is 30.2 Å². The number of nitrogens with two attached hydrogens (primary N) is 1. The van der Waals surface area contributed by atoms with E-state index in [-0.39, 0.29) is 11.8 Å². The zero-order chi connectivity index (χ0) is 15.6. The molecule has 1 aromatic heterocycles. The second-order valence-corrected chi connectivity index (χ2v) is 5.08. The van der Waals surface area contributed by atoms with Gasteiger partial charge in [-0.15, -0.1) is 0 Å². The van der Waals surface area contributed by atoms with Crippen LogP contribution in [0.1, 0.15) is 24.3 Å². The van der Waals surface area contributed by atoms with E-state index < -0.39 is 6.04 Å². The number of rotatable bonds is 4. The third kappa shape index (κ3) is 3.16. The van der Waals surface area contributed by atoms with Gasteiger partial charge in [0.25, 0.3) is 5.91 Å². The molecule has 0 fully saturated rings. The third-order valence-corrected chi connectivity index (χ3v) is 3.46. The van der Waals surface area contributed by atoms with E-state index in [0.717, 1.165) is 10.9 Å². The first kappa shape index (κ1) is 14.9. The standard InChI is InChI=1S/C15H20N4O2/c1-4-19(3)15(21)9(2)17-14(20)13-8-10-7-11(16)5-6-12(10)18-13/h5-9,18H,4,16H2,1-3H3,(H,17,20). The van der Waals surface area contributed by atoms with Crippen LogP contribution in [0.2, 0.25) is 0 Å². The first-order valence-corrected chi connectivity index (χ1v) is 6.86. The molecule has 1 aromatic carbocycles. The van der Waals surface area contributed by atoms with Gasteiger partial charge in [0.1, 0.15) is 11.7 Å². The Kier molecular flexibility index (Phi) is 4.16. The van der Waals surface area contributed by atoms with Crippen molar-refractivity contribution in [2.24, 2.45) is 0 Å². The summed E-state index contributed by atoms with van der Waals surface area (Å²) in [7, 11) is 1.71. The van der Waals surface area contributed by atoms with Crippen LogP contribution in [-0.4, -0.2) is 41.3 Å². The van der Waals surface area contributed by atoms with E-state index in [1.54, 1.807) is 37.1 Å². The number of anilines is 1. The second kappa shape index (κ2) is 5.87. The first-order valence-electron chi connectivity index (χ1n) is 6.86.